The lowest BCUT2D eigenvalue weighted by atomic mass is 10.1. The molecule has 2 aliphatic heterocycles. The lowest BCUT2D eigenvalue weighted by molar-refractivity contribution is 0.263. The van der Waals surface area contributed by atoms with Crippen LogP contribution in [-0.2, 0) is 0 Å². The lowest BCUT2D eigenvalue weighted by Crippen LogP contribution is -2.21. The molecule has 5 nitrogen and oxygen atoms in total. The molecule has 0 bridgehead atoms. The second kappa shape index (κ2) is 9.92. The van der Waals surface area contributed by atoms with E-state index in [1.807, 2.05) is 0 Å². The van der Waals surface area contributed by atoms with E-state index >= 15 is 0 Å². The number of aromatic nitrogens is 1. The van der Waals surface area contributed by atoms with Gasteiger partial charge in [0, 0.05) is 34.9 Å². The van der Waals surface area contributed by atoms with E-state index in [4.69, 9.17) is 9.47 Å². The van der Waals surface area contributed by atoms with Crippen molar-refractivity contribution >= 4 is 21.8 Å². The fourth-order valence-corrected chi connectivity index (χ4v) is 5.00. The Morgan fingerprint density at radius 1 is 0.645 bits per heavy atom. The fraction of sp³-hybridized carbons (Fsp3) is 0.538. The van der Waals surface area contributed by atoms with Gasteiger partial charge in [0.1, 0.15) is 11.5 Å². The van der Waals surface area contributed by atoms with Gasteiger partial charge >= 0.3 is 0 Å². The zero-order valence-corrected chi connectivity index (χ0v) is 18.6. The van der Waals surface area contributed by atoms with Crippen LogP contribution in [0.1, 0.15) is 38.5 Å². The first-order valence-electron chi connectivity index (χ1n) is 12.1. The molecule has 31 heavy (non-hydrogen) atoms. The molecule has 0 spiro atoms. The molecule has 2 fully saturated rings. The van der Waals surface area contributed by atoms with Gasteiger partial charge in [-0.15, -0.1) is 0 Å². The predicted octanol–water partition coefficient (Wildman–Crippen LogP) is 5.05. The Kier molecular flexibility index (Phi) is 6.61. The minimum atomic E-state index is 0.774. The summed E-state index contributed by atoms with van der Waals surface area (Å²) in [6.45, 7) is 8.86. The third kappa shape index (κ3) is 5.16. The smallest absolute Gasteiger partial charge is 0.120 e. The monoisotopic (exact) mass is 421 g/mol. The highest BCUT2D eigenvalue weighted by Gasteiger charge is 2.12. The Balaban J connectivity index is 1.19. The minimum absolute atomic E-state index is 0.774. The fourth-order valence-electron chi connectivity index (χ4n) is 5.00. The lowest BCUT2D eigenvalue weighted by Gasteiger charge is -2.14. The molecule has 0 aliphatic carbocycles. The van der Waals surface area contributed by atoms with Crippen LogP contribution >= 0.6 is 0 Å². The largest absolute Gasteiger partial charge is 0.494 e. The van der Waals surface area contributed by atoms with Gasteiger partial charge in [0.05, 0.1) is 13.2 Å². The Labute approximate surface area is 185 Å². The normalized spacial score (nSPS) is 17.8. The summed E-state index contributed by atoms with van der Waals surface area (Å²) in [5.41, 5.74) is 2.29. The number of hydrogen-bond acceptors (Lipinski definition) is 4. The van der Waals surface area contributed by atoms with E-state index in [1.54, 1.807) is 0 Å². The summed E-state index contributed by atoms with van der Waals surface area (Å²) in [5, 5.41) is 2.41. The number of rotatable bonds is 10. The van der Waals surface area contributed by atoms with Gasteiger partial charge < -0.3 is 24.3 Å². The van der Waals surface area contributed by atoms with Crippen molar-refractivity contribution in [1.82, 2.24) is 14.8 Å². The van der Waals surface area contributed by atoms with Gasteiger partial charge in [-0.2, -0.15) is 0 Å². The number of ether oxygens (including phenoxy) is 2. The van der Waals surface area contributed by atoms with Crippen LogP contribution in [-0.4, -0.2) is 67.3 Å². The second-order valence-corrected chi connectivity index (χ2v) is 9.04. The molecule has 0 saturated carbocycles. The average Bonchev–Trinajstić information content (AvgIpc) is 3.55. The molecule has 0 radical (unpaired) electrons. The summed E-state index contributed by atoms with van der Waals surface area (Å²) in [6, 6.07) is 12.7. The van der Waals surface area contributed by atoms with Crippen molar-refractivity contribution in [3.8, 4) is 11.5 Å². The SMILES string of the molecule is c1cc2[nH]c3ccc(OCCCN4CCCC4)cc3c2cc1OCCCN1CCCC1. The van der Waals surface area contributed by atoms with Crippen LogP contribution in [0.15, 0.2) is 36.4 Å². The van der Waals surface area contributed by atoms with Crippen LogP contribution in [0, 0.1) is 0 Å². The number of benzene rings is 2. The van der Waals surface area contributed by atoms with Crippen LogP contribution in [0.4, 0.5) is 0 Å². The molecule has 0 unspecified atom stereocenters. The summed E-state index contributed by atoms with van der Waals surface area (Å²) in [6.07, 6.45) is 7.57. The number of likely N-dealkylation sites (tertiary alicyclic amines) is 2. The standard InChI is InChI=1S/C26H35N3O2/c1-2-12-28(11-1)15-5-17-30-21-7-9-25-23(19-21)24-20-22(8-10-26(24)27-25)31-18-6-16-29-13-3-4-14-29/h7-10,19-20,27H,1-6,11-18H2. The Bertz CT molecular complexity index is 909. The maximum Gasteiger partial charge on any atom is 0.120 e. The third-order valence-corrected chi connectivity index (χ3v) is 6.71. The van der Waals surface area contributed by atoms with Gasteiger partial charge in [-0.1, -0.05) is 0 Å². The number of hydrogen-bond donors (Lipinski definition) is 1. The first-order valence-corrected chi connectivity index (χ1v) is 12.1. The van der Waals surface area contributed by atoms with E-state index in [1.165, 1.54) is 62.6 Å². The number of nitrogens with one attached hydrogen (secondary N) is 1. The van der Waals surface area contributed by atoms with E-state index in [-0.39, 0.29) is 0 Å². The van der Waals surface area contributed by atoms with Crippen molar-refractivity contribution < 1.29 is 9.47 Å². The van der Waals surface area contributed by atoms with Crippen molar-refractivity contribution in [3.05, 3.63) is 36.4 Å². The van der Waals surface area contributed by atoms with Crippen molar-refractivity contribution in [2.24, 2.45) is 0 Å². The van der Waals surface area contributed by atoms with Crippen LogP contribution in [0.2, 0.25) is 0 Å². The third-order valence-electron chi connectivity index (χ3n) is 6.71. The van der Waals surface area contributed by atoms with Crippen LogP contribution in [0.5, 0.6) is 11.5 Å². The van der Waals surface area contributed by atoms with Crippen molar-refractivity contribution in [1.29, 1.82) is 0 Å². The van der Waals surface area contributed by atoms with E-state index < -0.39 is 0 Å². The first kappa shape index (κ1) is 20.7. The summed E-state index contributed by atoms with van der Waals surface area (Å²) in [4.78, 5) is 8.60. The molecule has 2 aliphatic rings. The molecule has 2 aromatic carbocycles. The molecular weight excluding hydrogens is 386 g/mol. The summed E-state index contributed by atoms with van der Waals surface area (Å²) >= 11 is 0. The molecule has 166 valence electrons. The van der Waals surface area contributed by atoms with E-state index in [9.17, 15) is 0 Å². The Morgan fingerprint density at radius 2 is 1.10 bits per heavy atom. The molecule has 1 N–H and O–H groups in total. The Hall–Kier alpha value is -2.24. The number of H-pyrrole nitrogens is 1. The van der Waals surface area contributed by atoms with Gasteiger partial charge in [0.15, 0.2) is 0 Å². The zero-order valence-electron chi connectivity index (χ0n) is 18.6. The highest BCUT2D eigenvalue weighted by molar-refractivity contribution is 6.08. The molecule has 2 saturated heterocycles. The van der Waals surface area contributed by atoms with Crippen molar-refractivity contribution in [3.63, 3.8) is 0 Å². The van der Waals surface area contributed by atoms with Gasteiger partial charge in [-0.3, -0.25) is 0 Å². The van der Waals surface area contributed by atoms with Gasteiger partial charge in [-0.05, 0) is 101 Å². The van der Waals surface area contributed by atoms with Crippen molar-refractivity contribution in [2.45, 2.75) is 38.5 Å². The first-order chi connectivity index (χ1) is 15.3. The van der Waals surface area contributed by atoms with Gasteiger partial charge in [-0.25, -0.2) is 0 Å². The molecule has 1 aromatic heterocycles. The van der Waals surface area contributed by atoms with E-state index in [0.717, 1.165) is 61.7 Å². The predicted molar refractivity (Wildman–Crippen MR) is 127 cm³/mol. The molecule has 5 rings (SSSR count). The van der Waals surface area contributed by atoms with Crippen molar-refractivity contribution in [2.75, 3.05) is 52.5 Å². The molecular formula is C26H35N3O2. The molecule has 0 amide bonds. The van der Waals surface area contributed by atoms with Crippen LogP contribution < -0.4 is 9.47 Å². The summed E-state index contributed by atoms with van der Waals surface area (Å²) in [5.74, 6) is 1.90. The minimum Gasteiger partial charge on any atom is -0.494 e. The quantitative estimate of drug-likeness (QED) is 0.465. The van der Waals surface area contributed by atoms with Gasteiger partial charge in [0.2, 0.25) is 0 Å². The average molecular weight is 422 g/mol. The molecule has 3 heterocycles. The van der Waals surface area contributed by atoms with Crippen LogP contribution in [0.25, 0.3) is 21.8 Å². The zero-order chi connectivity index (χ0) is 20.9. The molecule has 3 aromatic rings. The Morgan fingerprint density at radius 3 is 1.55 bits per heavy atom. The summed E-state index contributed by atoms with van der Waals surface area (Å²) < 4.78 is 12.1. The van der Waals surface area contributed by atoms with Gasteiger partial charge in [0.25, 0.3) is 0 Å². The molecule has 0 atom stereocenters. The molecule has 5 heteroatoms. The number of fused-ring (bicyclic) bond motifs is 3. The number of aromatic amines is 1. The maximum absolute atomic E-state index is 6.07. The maximum atomic E-state index is 6.07. The topological polar surface area (TPSA) is 40.7 Å². The number of nitrogens with zero attached hydrogens (tertiary/aromatic N) is 2. The summed E-state index contributed by atoms with van der Waals surface area (Å²) in [7, 11) is 0. The highest BCUT2D eigenvalue weighted by atomic mass is 16.5. The van der Waals surface area contributed by atoms with E-state index in [0.29, 0.717) is 0 Å². The van der Waals surface area contributed by atoms with E-state index in [2.05, 4.69) is 51.2 Å². The second-order valence-electron chi connectivity index (χ2n) is 9.04. The van der Waals surface area contributed by atoms with Crippen LogP contribution in [0.3, 0.4) is 0 Å². The highest BCUT2D eigenvalue weighted by Crippen LogP contribution is 2.31.